The summed E-state index contributed by atoms with van der Waals surface area (Å²) in [4.78, 5) is 0. The van der Waals surface area contributed by atoms with Crippen LogP contribution in [0.5, 0.6) is 5.75 Å². The second kappa shape index (κ2) is 5.84. The number of ether oxygens (including phenoxy) is 1. The topological polar surface area (TPSA) is 55.4 Å². The molecule has 17 heavy (non-hydrogen) atoms. The molecule has 0 aliphatic rings. The zero-order valence-corrected chi connectivity index (χ0v) is 12.4. The molecular formula is C11H16BrNO3S. The normalized spacial score (nSPS) is 13.4. The summed E-state index contributed by atoms with van der Waals surface area (Å²) in [5.74, 6) is 0.681. The minimum atomic E-state index is -3.29. The van der Waals surface area contributed by atoms with Crippen molar-refractivity contribution in [1.29, 1.82) is 0 Å². The van der Waals surface area contributed by atoms with Crippen molar-refractivity contribution >= 4 is 26.0 Å². The minimum absolute atomic E-state index is 0.113. The SMILES string of the molecule is COc1ccc(C)cc1C(C)NS(=O)(=O)CBr. The third kappa shape index (κ3) is 3.97. The van der Waals surface area contributed by atoms with Gasteiger partial charge in [-0.05, 0) is 19.9 Å². The van der Waals surface area contributed by atoms with Gasteiger partial charge in [0.15, 0.2) is 0 Å². The Morgan fingerprint density at radius 3 is 2.65 bits per heavy atom. The molecule has 0 radical (unpaired) electrons. The molecule has 1 rings (SSSR count). The minimum Gasteiger partial charge on any atom is -0.496 e. The van der Waals surface area contributed by atoms with Gasteiger partial charge in [-0.15, -0.1) is 0 Å². The number of alkyl halides is 1. The molecule has 0 saturated carbocycles. The van der Waals surface area contributed by atoms with E-state index < -0.39 is 10.0 Å². The molecular weight excluding hydrogens is 306 g/mol. The van der Waals surface area contributed by atoms with Crippen LogP contribution in [0.1, 0.15) is 24.1 Å². The van der Waals surface area contributed by atoms with Crippen LogP contribution in [0.3, 0.4) is 0 Å². The first kappa shape index (κ1) is 14.5. The predicted octanol–water partition coefficient (Wildman–Crippen LogP) is 2.34. The third-order valence-electron chi connectivity index (χ3n) is 2.35. The maximum absolute atomic E-state index is 11.5. The van der Waals surface area contributed by atoms with Crippen LogP contribution in [-0.2, 0) is 10.0 Å². The molecule has 1 unspecified atom stereocenters. The highest BCUT2D eigenvalue weighted by Gasteiger charge is 2.17. The van der Waals surface area contributed by atoms with Gasteiger partial charge in [0.25, 0.3) is 0 Å². The van der Waals surface area contributed by atoms with Gasteiger partial charge in [-0.25, -0.2) is 13.1 Å². The summed E-state index contributed by atoms with van der Waals surface area (Å²) < 4.78 is 30.6. The number of hydrogen-bond acceptors (Lipinski definition) is 3. The Morgan fingerprint density at radius 2 is 2.12 bits per heavy atom. The third-order valence-corrected chi connectivity index (χ3v) is 5.16. The first-order valence-electron chi connectivity index (χ1n) is 5.10. The van der Waals surface area contributed by atoms with Crippen LogP contribution in [0, 0.1) is 6.92 Å². The molecule has 0 fully saturated rings. The zero-order valence-electron chi connectivity index (χ0n) is 10.0. The standard InChI is InChI=1S/C11H16BrNO3S/c1-8-4-5-11(16-3)10(6-8)9(2)13-17(14,15)7-12/h4-6,9,13H,7H2,1-3H3. The first-order valence-corrected chi connectivity index (χ1v) is 7.87. The summed E-state index contributed by atoms with van der Waals surface area (Å²) in [6.45, 7) is 3.74. The summed E-state index contributed by atoms with van der Waals surface area (Å²) in [7, 11) is -1.72. The molecule has 6 heteroatoms. The van der Waals surface area contributed by atoms with Crippen LogP contribution in [-0.4, -0.2) is 20.2 Å². The lowest BCUT2D eigenvalue weighted by molar-refractivity contribution is 0.405. The van der Waals surface area contributed by atoms with E-state index in [0.29, 0.717) is 5.75 Å². The molecule has 4 nitrogen and oxygen atoms in total. The van der Waals surface area contributed by atoms with Crippen molar-refractivity contribution in [3.63, 3.8) is 0 Å². The molecule has 0 aliphatic carbocycles. The molecule has 1 aromatic rings. The number of aryl methyl sites for hydroxylation is 1. The van der Waals surface area contributed by atoms with Gasteiger partial charge in [0, 0.05) is 11.6 Å². The average Bonchev–Trinajstić information content (AvgIpc) is 2.28. The van der Waals surface area contributed by atoms with Gasteiger partial charge in [0.1, 0.15) is 10.4 Å². The van der Waals surface area contributed by atoms with Gasteiger partial charge in [-0.3, -0.25) is 0 Å². The second-order valence-electron chi connectivity index (χ2n) is 3.81. The van der Waals surface area contributed by atoms with Crippen LogP contribution >= 0.6 is 15.9 Å². The number of hydrogen-bond donors (Lipinski definition) is 1. The van der Waals surface area contributed by atoms with Crippen molar-refractivity contribution in [2.75, 3.05) is 11.8 Å². The Kier molecular flexibility index (Phi) is 4.97. The summed E-state index contributed by atoms with van der Waals surface area (Å²) in [6, 6.07) is 5.35. The van der Waals surface area contributed by atoms with Crippen LogP contribution in [0.25, 0.3) is 0 Å². The fraction of sp³-hybridized carbons (Fsp3) is 0.455. The van der Waals surface area contributed by atoms with Crippen molar-refractivity contribution in [3.8, 4) is 5.75 Å². The first-order chi connectivity index (χ1) is 7.89. The monoisotopic (exact) mass is 321 g/mol. The number of methoxy groups -OCH3 is 1. The molecule has 1 N–H and O–H groups in total. The lowest BCUT2D eigenvalue weighted by Gasteiger charge is -2.17. The Hall–Kier alpha value is -0.590. The highest BCUT2D eigenvalue weighted by Crippen LogP contribution is 2.26. The number of sulfonamides is 1. The Bertz CT molecular complexity index is 487. The van der Waals surface area contributed by atoms with E-state index in [1.807, 2.05) is 25.1 Å². The molecule has 0 spiro atoms. The fourth-order valence-electron chi connectivity index (χ4n) is 1.56. The van der Waals surface area contributed by atoms with Crippen molar-refractivity contribution in [2.24, 2.45) is 0 Å². The van der Waals surface area contributed by atoms with Crippen molar-refractivity contribution in [1.82, 2.24) is 4.72 Å². The number of nitrogens with one attached hydrogen (secondary N) is 1. The average molecular weight is 322 g/mol. The quantitative estimate of drug-likeness (QED) is 0.847. The fourth-order valence-corrected chi connectivity index (χ4v) is 2.68. The lowest BCUT2D eigenvalue weighted by atomic mass is 10.1. The number of halogens is 1. The van der Waals surface area contributed by atoms with Gasteiger partial charge in [0.2, 0.25) is 10.0 Å². The van der Waals surface area contributed by atoms with Gasteiger partial charge >= 0.3 is 0 Å². The molecule has 0 aliphatic heterocycles. The lowest BCUT2D eigenvalue weighted by Crippen LogP contribution is -2.27. The largest absolute Gasteiger partial charge is 0.496 e. The maximum atomic E-state index is 11.5. The summed E-state index contributed by atoms with van der Waals surface area (Å²) in [5, 5.41) is 0. The molecule has 0 aromatic heterocycles. The van der Waals surface area contributed by atoms with E-state index >= 15 is 0 Å². The summed E-state index contributed by atoms with van der Waals surface area (Å²) in [5.41, 5.74) is 1.89. The summed E-state index contributed by atoms with van der Waals surface area (Å²) in [6.07, 6.45) is 0. The van der Waals surface area contributed by atoms with Gasteiger partial charge in [-0.2, -0.15) is 0 Å². The molecule has 0 saturated heterocycles. The van der Waals surface area contributed by atoms with Crippen LogP contribution < -0.4 is 9.46 Å². The van der Waals surface area contributed by atoms with E-state index in [1.54, 1.807) is 14.0 Å². The van der Waals surface area contributed by atoms with Gasteiger partial charge in [-0.1, -0.05) is 33.6 Å². The van der Waals surface area contributed by atoms with E-state index in [-0.39, 0.29) is 10.7 Å². The van der Waals surface area contributed by atoms with Crippen LogP contribution in [0.4, 0.5) is 0 Å². The van der Waals surface area contributed by atoms with Crippen LogP contribution in [0.2, 0.25) is 0 Å². The zero-order chi connectivity index (χ0) is 13.1. The van der Waals surface area contributed by atoms with Crippen molar-refractivity contribution in [3.05, 3.63) is 29.3 Å². The van der Waals surface area contributed by atoms with Gasteiger partial charge < -0.3 is 4.74 Å². The Balaban J connectivity index is 3.03. The summed E-state index contributed by atoms with van der Waals surface area (Å²) >= 11 is 2.94. The molecule has 0 bridgehead atoms. The van der Waals surface area contributed by atoms with E-state index in [1.165, 1.54) is 0 Å². The number of rotatable bonds is 5. The maximum Gasteiger partial charge on any atom is 0.222 e. The smallest absolute Gasteiger partial charge is 0.222 e. The highest BCUT2D eigenvalue weighted by molar-refractivity contribution is 9.10. The van der Waals surface area contributed by atoms with Crippen molar-refractivity contribution in [2.45, 2.75) is 19.9 Å². The van der Waals surface area contributed by atoms with E-state index in [0.717, 1.165) is 11.1 Å². The molecule has 0 heterocycles. The second-order valence-corrected chi connectivity index (χ2v) is 6.87. The Labute approximate surface area is 111 Å². The molecule has 0 amide bonds. The van der Waals surface area contributed by atoms with E-state index in [9.17, 15) is 8.42 Å². The highest BCUT2D eigenvalue weighted by atomic mass is 79.9. The van der Waals surface area contributed by atoms with Crippen molar-refractivity contribution < 1.29 is 13.2 Å². The number of benzene rings is 1. The molecule has 96 valence electrons. The Morgan fingerprint density at radius 1 is 1.47 bits per heavy atom. The van der Waals surface area contributed by atoms with Crippen LogP contribution in [0.15, 0.2) is 18.2 Å². The van der Waals surface area contributed by atoms with E-state index in [2.05, 4.69) is 20.7 Å². The van der Waals surface area contributed by atoms with E-state index in [4.69, 9.17) is 4.74 Å². The predicted molar refractivity (Wildman–Crippen MR) is 72.0 cm³/mol. The molecule has 1 atom stereocenters. The van der Waals surface area contributed by atoms with Gasteiger partial charge in [0.05, 0.1) is 7.11 Å². The molecule has 1 aromatic carbocycles.